The number of aryl methyl sites for hydroxylation is 1. The Morgan fingerprint density at radius 1 is 1.17 bits per heavy atom. The minimum absolute atomic E-state index is 0.255. The van der Waals surface area contributed by atoms with E-state index in [1.54, 1.807) is 25.1 Å². The van der Waals surface area contributed by atoms with Crippen LogP contribution < -0.4 is 5.73 Å². The molecule has 0 amide bonds. The first-order chi connectivity index (χ1) is 8.66. The molecule has 0 radical (unpaired) electrons. The molecule has 0 saturated carbocycles. The maximum Gasteiger partial charge on any atom is 0.141 e. The average Bonchev–Trinajstić information content (AvgIpc) is 2.78. The number of aromatic nitrogens is 2. The second kappa shape index (κ2) is 3.84. The molecule has 0 unspecified atom stereocenters. The van der Waals surface area contributed by atoms with Crippen LogP contribution >= 0.6 is 0 Å². The Morgan fingerprint density at radius 3 is 2.72 bits per heavy atom. The lowest BCUT2D eigenvalue weighted by Gasteiger charge is -2.01. The molecule has 1 aromatic heterocycles. The van der Waals surface area contributed by atoms with Crippen LogP contribution in [0.3, 0.4) is 0 Å². The number of halogens is 1. The van der Waals surface area contributed by atoms with Gasteiger partial charge in [0.05, 0.1) is 16.8 Å². The van der Waals surface area contributed by atoms with E-state index < -0.39 is 0 Å². The number of imidazole rings is 1. The second-order valence-electron chi connectivity index (χ2n) is 4.27. The fourth-order valence-corrected chi connectivity index (χ4v) is 2.01. The number of anilines is 1. The van der Waals surface area contributed by atoms with E-state index in [1.165, 1.54) is 0 Å². The first-order valence-electron chi connectivity index (χ1n) is 5.66. The third-order valence-corrected chi connectivity index (χ3v) is 2.99. The zero-order chi connectivity index (χ0) is 12.7. The summed E-state index contributed by atoms with van der Waals surface area (Å²) in [5.41, 5.74) is 8.97. The van der Waals surface area contributed by atoms with E-state index in [2.05, 4.69) is 9.97 Å². The van der Waals surface area contributed by atoms with Crippen molar-refractivity contribution >= 4 is 16.7 Å². The van der Waals surface area contributed by atoms with Gasteiger partial charge in [0.25, 0.3) is 0 Å². The van der Waals surface area contributed by atoms with Gasteiger partial charge in [-0.3, -0.25) is 0 Å². The molecule has 0 aliphatic rings. The van der Waals surface area contributed by atoms with Crippen LogP contribution in [-0.4, -0.2) is 9.97 Å². The highest BCUT2D eigenvalue weighted by Gasteiger charge is 2.12. The lowest BCUT2D eigenvalue weighted by Crippen LogP contribution is -1.89. The number of rotatable bonds is 1. The van der Waals surface area contributed by atoms with Crippen LogP contribution in [-0.2, 0) is 0 Å². The number of fused-ring (bicyclic) bond motifs is 1. The largest absolute Gasteiger partial charge is 0.397 e. The number of benzene rings is 2. The van der Waals surface area contributed by atoms with Crippen molar-refractivity contribution in [2.24, 2.45) is 0 Å². The average molecular weight is 241 g/mol. The van der Waals surface area contributed by atoms with E-state index in [9.17, 15) is 4.39 Å². The Labute approximate surface area is 103 Å². The lowest BCUT2D eigenvalue weighted by molar-refractivity contribution is 0.621. The van der Waals surface area contributed by atoms with Gasteiger partial charge in [-0.15, -0.1) is 0 Å². The third-order valence-electron chi connectivity index (χ3n) is 2.99. The van der Waals surface area contributed by atoms with Gasteiger partial charge in [0.1, 0.15) is 17.2 Å². The molecule has 3 N–H and O–H groups in total. The molecular weight excluding hydrogens is 229 g/mol. The van der Waals surface area contributed by atoms with Crippen molar-refractivity contribution in [2.45, 2.75) is 6.92 Å². The minimum Gasteiger partial charge on any atom is -0.397 e. The molecule has 3 nitrogen and oxygen atoms in total. The Bertz CT molecular complexity index is 731. The number of nitrogen functional groups attached to an aromatic ring is 1. The van der Waals surface area contributed by atoms with Crippen LogP contribution in [0.1, 0.15) is 5.56 Å². The Balaban J connectivity index is 2.26. The molecule has 0 atom stereocenters. The highest BCUT2D eigenvalue weighted by Crippen LogP contribution is 2.26. The summed E-state index contributed by atoms with van der Waals surface area (Å²) in [6.07, 6.45) is 0. The number of H-pyrrole nitrogens is 1. The van der Waals surface area contributed by atoms with E-state index in [-0.39, 0.29) is 5.82 Å². The molecule has 0 aliphatic heterocycles. The van der Waals surface area contributed by atoms with E-state index >= 15 is 0 Å². The Hall–Kier alpha value is -2.36. The normalized spacial score (nSPS) is 11.0. The van der Waals surface area contributed by atoms with Gasteiger partial charge in [-0.25, -0.2) is 9.37 Å². The topological polar surface area (TPSA) is 54.7 Å². The van der Waals surface area contributed by atoms with Gasteiger partial charge in [-0.05, 0) is 30.7 Å². The van der Waals surface area contributed by atoms with Crippen LogP contribution in [0.4, 0.5) is 10.1 Å². The fourth-order valence-electron chi connectivity index (χ4n) is 2.01. The predicted octanol–water partition coefficient (Wildman–Crippen LogP) is 3.26. The molecule has 90 valence electrons. The molecule has 0 aliphatic carbocycles. The first kappa shape index (κ1) is 10.8. The molecule has 18 heavy (non-hydrogen) atoms. The Kier molecular flexibility index (Phi) is 2.30. The van der Waals surface area contributed by atoms with Gasteiger partial charge >= 0.3 is 0 Å². The number of hydrogen-bond donors (Lipinski definition) is 2. The molecule has 0 spiro atoms. The highest BCUT2D eigenvalue weighted by molar-refractivity contribution is 5.89. The number of hydrogen-bond acceptors (Lipinski definition) is 2. The maximum absolute atomic E-state index is 14.0. The van der Waals surface area contributed by atoms with Crippen molar-refractivity contribution in [2.75, 3.05) is 5.73 Å². The van der Waals surface area contributed by atoms with Crippen molar-refractivity contribution in [1.82, 2.24) is 9.97 Å². The van der Waals surface area contributed by atoms with Gasteiger partial charge in [0.15, 0.2) is 0 Å². The van der Waals surface area contributed by atoms with E-state index in [0.717, 1.165) is 5.52 Å². The van der Waals surface area contributed by atoms with E-state index in [0.29, 0.717) is 28.2 Å². The highest BCUT2D eigenvalue weighted by atomic mass is 19.1. The van der Waals surface area contributed by atoms with Crippen molar-refractivity contribution in [3.05, 3.63) is 47.8 Å². The molecular formula is C14H12FN3. The van der Waals surface area contributed by atoms with E-state index in [1.807, 2.05) is 18.2 Å². The van der Waals surface area contributed by atoms with Crippen molar-refractivity contribution in [3.8, 4) is 11.4 Å². The molecule has 1 heterocycles. The molecule has 0 bridgehead atoms. The number of nitrogens with zero attached hydrogens (tertiary/aromatic N) is 1. The van der Waals surface area contributed by atoms with Gasteiger partial charge < -0.3 is 10.7 Å². The van der Waals surface area contributed by atoms with Crippen LogP contribution in [0.25, 0.3) is 22.4 Å². The number of para-hydroxylation sites is 1. The number of aromatic amines is 1. The molecule has 0 fully saturated rings. The summed E-state index contributed by atoms with van der Waals surface area (Å²) in [5.74, 6) is 0.249. The minimum atomic E-state index is -0.255. The standard InChI is InChI=1S/C14H12FN3/c1-8-4-2-5-9(12(8)15)14-17-11-7-3-6-10(16)13(11)18-14/h2-7H,16H2,1H3,(H,17,18). The van der Waals surface area contributed by atoms with E-state index in [4.69, 9.17) is 5.73 Å². The zero-order valence-electron chi connectivity index (χ0n) is 9.87. The lowest BCUT2D eigenvalue weighted by atomic mass is 10.1. The molecule has 2 aromatic carbocycles. The Morgan fingerprint density at radius 2 is 1.94 bits per heavy atom. The SMILES string of the molecule is Cc1cccc(-c2nc3c(N)cccc3[nH]2)c1F. The molecule has 3 aromatic rings. The number of nitrogens with two attached hydrogens (primary N) is 1. The summed E-state index contributed by atoms with van der Waals surface area (Å²) in [6, 6.07) is 10.7. The summed E-state index contributed by atoms with van der Waals surface area (Å²) < 4.78 is 14.0. The zero-order valence-corrected chi connectivity index (χ0v) is 9.87. The van der Waals surface area contributed by atoms with Gasteiger partial charge in [-0.1, -0.05) is 18.2 Å². The number of nitrogens with one attached hydrogen (secondary N) is 1. The summed E-state index contributed by atoms with van der Waals surface area (Å²) >= 11 is 0. The molecule has 0 saturated heterocycles. The third kappa shape index (κ3) is 1.54. The van der Waals surface area contributed by atoms with Crippen molar-refractivity contribution in [1.29, 1.82) is 0 Å². The van der Waals surface area contributed by atoms with Crippen LogP contribution in [0, 0.1) is 12.7 Å². The van der Waals surface area contributed by atoms with Crippen LogP contribution in [0.15, 0.2) is 36.4 Å². The summed E-state index contributed by atoms with van der Waals surface area (Å²) in [4.78, 5) is 7.45. The summed E-state index contributed by atoms with van der Waals surface area (Å²) in [7, 11) is 0. The quantitative estimate of drug-likeness (QED) is 0.642. The van der Waals surface area contributed by atoms with Crippen molar-refractivity contribution < 1.29 is 4.39 Å². The summed E-state index contributed by atoms with van der Waals surface area (Å²) in [5, 5.41) is 0. The fraction of sp³-hybridized carbons (Fsp3) is 0.0714. The van der Waals surface area contributed by atoms with Crippen LogP contribution in [0.5, 0.6) is 0 Å². The predicted molar refractivity (Wildman–Crippen MR) is 70.6 cm³/mol. The summed E-state index contributed by atoms with van der Waals surface area (Å²) in [6.45, 7) is 1.73. The molecule has 4 heteroatoms. The first-order valence-corrected chi connectivity index (χ1v) is 5.66. The smallest absolute Gasteiger partial charge is 0.141 e. The monoisotopic (exact) mass is 241 g/mol. The van der Waals surface area contributed by atoms with Gasteiger partial charge in [0, 0.05) is 0 Å². The van der Waals surface area contributed by atoms with Gasteiger partial charge in [-0.2, -0.15) is 0 Å². The second-order valence-corrected chi connectivity index (χ2v) is 4.27. The molecule has 3 rings (SSSR count). The maximum atomic E-state index is 14.0. The van der Waals surface area contributed by atoms with Gasteiger partial charge in [0.2, 0.25) is 0 Å². The van der Waals surface area contributed by atoms with Crippen molar-refractivity contribution in [3.63, 3.8) is 0 Å². The van der Waals surface area contributed by atoms with Crippen LogP contribution in [0.2, 0.25) is 0 Å².